The van der Waals surface area contributed by atoms with Crippen LogP contribution in [-0.2, 0) is 11.0 Å². The van der Waals surface area contributed by atoms with Crippen molar-refractivity contribution in [1.82, 2.24) is 4.98 Å². The zero-order chi connectivity index (χ0) is 18.8. The van der Waals surface area contributed by atoms with Gasteiger partial charge in [0.2, 0.25) is 0 Å². The van der Waals surface area contributed by atoms with Crippen molar-refractivity contribution in [2.24, 2.45) is 5.73 Å². The van der Waals surface area contributed by atoms with E-state index in [0.29, 0.717) is 11.3 Å². The van der Waals surface area contributed by atoms with E-state index in [1.54, 1.807) is 38.4 Å². The second kappa shape index (κ2) is 7.00. The number of nitrogens with two attached hydrogens (primary N) is 1. The fourth-order valence-electron chi connectivity index (χ4n) is 2.02. The van der Waals surface area contributed by atoms with Crippen molar-refractivity contribution < 1.29 is 22.7 Å². The molecule has 25 heavy (non-hydrogen) atoms. The second-order valence-corrected chi connectivity index (χ2v) is 5.68. The largest absolute Gasteiger partial charge is 0.481 e. The summed E-state index contributed by atoms with van der Waals surface area (Å²) in [6.45, 7) is 1.51. The molecule has 1 aromatic heterocycles. The molecule has 2 aromatic rings. The molecule has 0 spiro atoms. The maximum Gasteiger partial charge on any atom is 0.416 e. The summed E-state index contributed by atoms with van der Waals surface area (Å²) in [6, 6.07) is 8.23. The lowest BCUT2D eigenvalue weighted by Crippen LogP contribution is -2.30. The summed E-state index contributed by atoms with van der Waals surface area (Å²) in [5.41, 5.74) is 5.03. The molecular weight excluding hydrogens is 335 g/mol. The SMILES string of the molecule is CC(Oc1ccc(-c2cc(C(F)(F)F)cc(N(C)C)n2)cc1)C(N)=O. The summed E-state index contributed by atoms with van der Waals surface area (Å²) in [7, 11) is 3.24. The third kappa shape index (κ3) is 4.62. The summed E-state index contributed by atoms with van der Waals surface area (Å²) in [5, 5.41) is 0. The van der Waals surface area contributed by atoms with Crippen LogP contribution < -0.4 is 15.4 Å². The molecule has 1 amide bonds. The highest BCUT2D eigenvalue weighted by Crippen LogP contribution is 2.34. The van der Waals surface area contributed by atoms with Crippen LogP contribution >= 0.6 is 0 Å². The Kier molecular flexibility index (Phi) is 5.20. The molecule has 0 saturated heterocycles. The molecule has 1 heterocycles. The van der Waals surface area contributed by atoms with Crippen molar-refractivity contribution in [3.63, 3.8) is 0 Å². The van der Waals surface area contributed by atoms with Crippen molar-refractivity contribution >= 4 is 11.7 Å². The molecule has 5 nitrogen and oxygen atoms in total. The molecule has 1 unspecified atom stereocenters. The standard InChI is InChI=1S/C17H18F3N3O2/c1-10(16(21)24)25-13-6-4-11(5-7-13)14-8-12(17(18,19)20)9-15(22-14)23(2)3/h4-10H,1-3H3,(H2,21,24). The highest BCUT2D eigenvalue weighted by atomic mass is 19.4. The molecule has 0 bridgehead atoms. The van der Waals surface area contributed by atoms with Crippen LogP contribution in [0, 0.1) is 0 Å². The normalized spacial score (nSPS) is 12.6. The summed E-state index contributed by atoms with van der Waals surface area (Å²) in [6.07, 6.45) is -5.28. The number of ether oxygens (including phenoxy) is 1. The zero-order valence-electron chi connectivity index (χ0n) is 14.0. The number of primary amides is 1. The lowest BCUT2D eigenvalue weighted by molar-refractivity contribution is -0.137. The van der Waals surface area contributed by atoms with Gasteiger partial charge in [0.05, 0.1) is 11.3 Å². The van der Waals surface area contributed by atoms with E-state index in [9.17, 15) is 18.0 Å². The Balaban J connectivity index is 2.37. The minimum Gasteiger partial charge on any atom is -0.481 e. The quantitative estimate of drug-likeness (QED) is 0.897. The van der Waals surface area contributed by atoms with Crippen molar-refractivity contribution in [3.05, 3.63) is 42.0 Å². The van der Waals surface area contributed by atoms with Crippen LogP contribution in [0.4, 0.5) is 19.0 Å². The fraction of sp³-hybridized carbons (Fsp3) is 0.294. The van der Waals surface area contributed by atoms with Crippen molar-refractivity contribution in [2.45, 2.75) is 19.2 Å². The highest BCUT2D eigenvalue weighted by molar-refractivity contribution is 5.78. The third-order valence-corrected chi connectivity index (χ3v) is 3.46. The number of rotatable bonds is 5. The molecule has 8 heteroatoms. The monoisotopic (exact) mass is 353 g/mol. The number of hydrogen-bond donors (Lipinski definition) is 1. The fourth-order valence-corrected chi connectivity index (χ4v) is 2.02. The maximum atomic E-state index is 13.1. The van der Waals surface area contributed by atoms with Gasteiger partial charge in [-0.15, -0.1) is 0 Å². The number of hydrogen-bond acceptors (Lipinski definition) is 4. The van der Waals surface area contributed by atoms with Gasteiger partial charge in [-0.25, -0.2) is 4.98 Å². The second-order valence-electron chi connectivity index (χ2n) is 5.68. The Morgan fingerprint density at radius 1 is 1.20 bits per heavy atom. The number of pyridine rings is 1. The minimum absolute atomic E-state index is 0.188. The van der Waals surface area contributed by atoms with E-state index in [1.165, 1.54) is 11.8 Å². The van der Waals surface area contributed by atoms with Gasteiger partial charge in [-0.1, -0.05) is 0 Å². The molecule has 0 radical (unpaired) electrons. The van der Waals surface area contributed by atoms with Crippen LogP contribution in [0.1, 0.15) is 12.5 Å². The topological polar surface area (TPSA) is 68.4 Å². The first-order valence-corrected chi connectivity index (χ1v) is 7.41. The number of amides is 1. The first-order chi connectivity index (χ1) is 11.6. The van der Waals surface area contributed by atoms with E-state index >= 15 is 0 Å². The molecule has 0 fully saturated rings. The zero-order valence-corrected chi connectivity index (χ0v) is 14.0. The van der Waals surface area contributed by atoms with Gasteiger partial charge in [-0.3, -0.25) is 4.79 Å². The molecule has 0 aliphatic heterocycles. The van der Waals surface area contributed by atoms with E-state index in [2.05, 4.69) is 4.98 Å². The third-order valence-electron chi connectivity index (χ3n) is 3.46. The number of aromatic nitrogens is 1. The van der Waals surface area contributed by atoms with Crippen molar-refractivity contribution in [3.8, 4) is 17.0 Å². The first-order valence-electron chi connectivity index (χ1n) is 7.41. The average molecular weight is 353 g/mol. The van der Waals surface area contributed by atoms with Crippen LogP contribution in [0.25, 0.3) is 11.3 Å². The maximum absolute atomic E-state index is 13.1. The van der Waals surface area contributed by atoms with Crippen LogP contribution in [-0.4, -0.2) is 31.1 Å². The van der Waals surface area contributed by atoms with Gasteiger partial charge in [0.25, 0.3) is 5.91 Å². The molecule has 2 rings (SSSR count). The molecule has 1 aromatic carbocycles. The van der Waals surface area contributed by atoms with Gasteiger partial charge in [-0.2, -0.15) is 13.2 Å². The van der Waals surface area contributed by atoms with Gasteiger partial charge in [0, 0.05) is 19.7 Å². The number of benzene rings is 1. The lowest BCUT2D eigenvalue weighted by atomic mass is 10.1. The smallest absolute Gasteiger partial charge is 0.416 e. The summed E-state index contributed by atoms with van der Waals surface area (Å²) < 4.78 is 44.6. The highest BCUT2D eigenvalue weighted by Gasteiger charge is 2.32. The predicted octanol–water partition coefficient (Wildman–Crippen LogP) is 3.09. The Labute approximate surface area is 143 Å². The van der Waals surface area contributed by atoms with Gasteiger partial charge in [0.15, 0.2) is 6.10 Å². The van der Waals surface area contributed by atoms with Gasteiger partial charge in [0.1, 0.15) is 11.6 Å². The Morgan fingerprint density at radius 3 is 2.28 bits per heavy atom. The van der Waals surface area contributed by atoms with Crippen molar-refractivity contribution in [2.75, 3.05) is 19.0 Å². The Hall–Kier alpha value is -2.77. The molecular formula is C17H18F3N3O2. The van der Waals surface area contributed by atoms with Crippen molar-refractivity contribution in [1.29, 1.82) is 0 Å². The predicted molar refractivity (Wildman–Crippen MR) is 88.3 cm³/mol. The van der Waals surface area contributed by atoms with Crippen LogP contribution in [0.2, 0.25) is 0 Å². The number of halogens is 3. The number of nitrogens with zero attached hydrogens (tertiary/aromatic N) is 2. The van der Waals surface area contributed by atoms with Crippen LogP contribution in [0.5, 0.6) is 5.75 Å². The number of carbonyl (C=O) groups excluding carboxylic acids is 1. The molecule has 0 aliphatic rings. The van der Waals surface area contributed by atoms with E-state index in [4.69, 9.17) is 10.5 Å². The minimum atomic E-state index is -4.47. The van der Waals surface area contributed by atoms with Gasteiger partial charge >= 0.3 is 6.18 Å². The number of carbonyl (C=O) groups is 1. The summed E-state index contributed by atoms with van der Waals surface area (Å²) >= 11 is 0. The lowest BCUT2D eigenvalue weighted by Gasteiger charge is -2.16. The summed E-state index contributed by atoms with van der Waals surface area (Å²) in [4.78, 5) is 16.8. The van der Waals surface area contributed by atoms with E-state index in [-0.39, 0.29) is 11.5 Å². The molecule has 0 aliphatic carbocycles. The molecule has 2 N–H and O–H groups in total. The average Bonchev–Trinajstić information content (AvgIpc) is 2.54. The first kappa shape index (κ1) is 18.6. The van der Waals surface area contributed by atoms with Crippen LogP contribution in [0.3, 0.4) is 0 Å². The molecule has 0 saturated carbocycles. The van der Waals surface area contributed by atoms with E-state index in [1.807, 2.05) is 0 Å². The van der Waals surface area contributed by atoms with Crippen LogP contribution in [0.15, 0.2) is 36.4 Å². The molecule has 1 atom stereocenters. The number of alkyl halides is 3. The van der Waals surface area contributed by atoms with E-state index in [0.717, 1.165) is 12.1 Å². The number of anilines is 1. The Morgan fingerprint density at radius 2 is 1.80 bits per heavy atom. The Bertz CT molecular complexity index is 759. The summed E-state index contributed by atoms with van der Waals surface area (Å²) in [5.74, 6) is -0.0263. The van der Waals surface area contributed by atoms with Gasteiger partial charge in [-0.05, 0) is 43.3 Å². The van der Waals surface area contributed by atoms with E-state index < -0.39 is 23.8 Å². The molecule has 134 valence electrons. The van der Waals surface area contributed by atoms with Gasteiger partial charge < -0.3 is 15.4 Å².